The first-order valence-electron chi connectivity index (χ1n) is 8.81. The van der Waals surface area contributed by atoms with Crippen LogP contribution in [0.1, 0.15) is 51.5 Å². The quantitative estimate of drug-likeness (QED) is 0.683. The number of benzene rings is 1. The van der Waals surface area contributed by atoms with Crippen LogP contribution < -0.4 is 10.6 Å². The summed E-state index contributed by atoms with van der Waals surface area (Å²) in [5, 5.41) is 5.96. The van der Waals surface area contributed by atoms with Crippen molar-refractivity contribution in [1.82, 2.24) is 20.2 Å². The predicted octanol–water partition coefficient (Wildman–Crippen LogP) is 4.03. The van der Waals surface area contributed by atoms with Crippen molar-refractivity contribution in [3.8, 4) is 5.69 Å². The highest BCUT2D eigenvalue weighted by Crippen LogP contribution is 2.13. The minimum atomic E-state index is -0.113. The van der Waals surface area contributed by atoms with Gasteiger partial charge >= 0.3 is 6.03 Å². The lowest BCUT2D eigenvalue weighted by Gasteiger charge is -2.16. The summed E-state index contributed by atoms with van der Waals surface area (Å²) in [7, 11) is 0. The molecule has 0 aliphatic heterocycles. The van der Waals surface area contributed by atoms with E-state index >= 15 is 0 Å². The first-order valence-corrected chi connectivity index (χ1v) is 8.81. The largest absolute Gasteiger partial charge is 0.336 e. The molecule has 2 amide bonds. The summed E-state index contributed by atoms with van der Waals surface area (Å²) in [6, 6.07) is 8.09. The minimum Gasteiger partial charge on any atom is -0.336 e. The van der Waals surface area contributed by atoms with Crippen molar-refractivity contribution in [2.24, 2.45) is 0 Å². The number of carbonyl (C=O) groups excluding carboxylic acids is 1. The molecule has 2 aromatic rings. The number of para-hydroxylation sites is 1. The number of hydrogen-bond acceptors (Lipinski definition) is 2. The lowest BCUT2D eigenvalue weighted by atomic mass is 10.1. The third kappa shape index (κ3) is 5.72. The zero-order chi connectivity index (χ0) is 17.2. The van der Waals surface area contributed by atoms with Gasteiger partial charge in [-0.15, -0.1) is 0 Å². The monoisotopic (exact) mass is 328 g/mol. The number of hydrogen-bond donors (Lipinski definition) is 2. The van der Waals surface area contributed by atoms with Crippen molar-refractivity contribution in [2.45, 2.75) is 58.5 Å². The van der Waals surface area contributed by atoms with Crippen LogP contribution in [0.25, 0.3) is 5.69 Å². The molecular formula is C19H28N4O. The molecule has 1 aromatic carbocycles. The van der Waals surface area contributed by atoms with Crippen molar-refractivity contribution in [1.29, 1.82) is 0 Å². The third-order valence-electron chi connectivity index (χ3n) is 4.08. The van der Waals surface area contributed by atoms with E-state index in [9.17, 15) is 4.79 Å². The lowest BCUT2D eigenvalue weighted by Crippen LogP contribution is -2.40. The van der Waals surface area contributed by atoms with Crippen molar-refractivity contribution in [3.05, 3.63) is 48.5 Å². The highest BCUT2D eigenvalue weighted by Gasteiger charge is 2.08. The Hall–Kier alpha value is -2.30. The molecular weight excluding hydrogens is 300 g/mol. The van der Waals surface area contributed by atoms with Gasteiger partial charge in [-0.1, -0.05) is 50.8 Å². The summed E-state index contributed by atoms with van der Waals surface area (Å²) < 4.78 is 1.95. The fourth-order valence-electron chi connectivity index (χ4n) is 2.71. The van der Waals surface area contributed by atoms with Crippen LogP contribution in [-0.2, 0) is 6.54 Å². The Kier molecular flexibility index (Phi) is 7.33. The maximum atomic E-state index is 12.1. The average Bonchev–Trinajstić information content (AvgIpc) is 3.11. The van der Waals surface area contributed by atoms with Gasteiger partial charge < -0.3 is 15.2 Å². The molecule has 0 fully saturated rings. The van der Waals surface area contributed by atoms with Gasteiger partial charge in [0.2, 0.25) is 0 Å². The molecule has 0 saturated heterocycles. The molecule has 130 valence electrons. The predicted molar refractivity (Wildman–Crippen MR) is 97.2 cm³/mol. The number of rotatable bonds is 9. The van der Waals surface area contributed by atoms with Crippen LogP contribution in [0.5, 0.6) is 0 Å². The Bertz CT molecular complexity index is 610. The van der Waals surface area contributed by atoms with Crippen molar-refractivity contribution in [2.75, 3.05) is 0 Å². The van der Waals surface area contributed by atoms with E-state index in [0.717, 1.165) is 17.7 Å². The number of nitrogens with one attached hydrogen (secondary N) is 2. The molecule has 5 nitrogen and oxygen atoms in total. The highest BCUT2D eigenvalue weighted by atomic mass is 16.2. The Labute approximate surface area is 144 Å². The smallest absolute Gasteiger partial charge is 0.315 e. The molecule has 2 rings (SSSR count). The van der Waals surface area contributed by atoms with Gasteiger partial charge in [0, 0.05) is 25.0 Å². The van der Waals surface area contributed by atoms with E-state index in [0.29, 0.717) is 6.54 Å². The molecule has 0 aliphatic rings. The van der Waals surface area contributed by atoms with Gasteiger partial charge in [0.05, 0.1) is 12.0 Å². The molecule has 0 radical (unpaired) electrons. The van der Waals surface area contributed by atoms with E-state index in [1.165, 1.54) is 25.7 Å². The molecule has 1 atom stereocenters. The topological polar surface area (TPSA) is 59.0 Å². The summed E-state index contributed by atoms with van der Waals surface area (Å²) in [5.74, 6) is 0. The van der Waals surface area contributed by atoms with Gasteiger partial charge in [-0.05, 0) is 25.0 Å². The van der Waals surface area contributed by atoms with Gasteiger partial charge in [-0.2, -0.15) is 0 Å². The maximum Gasteiger partial charge on any atom is 0.315 e. The molecule has 0 spiro atoms. The molecule has 2 N–H and O–H groups in total. The van der Waals surface area contributed by atoms with E-state index in [1.54, 1.807) is 12.5 Å². The SMILES string of the molecule is CCCCCCC(C)NC(=O)NCc1ccccc1-n1ccnc1. The van der Waals surface area contributed by atoms with E-state index in [-0.39, 0.29) is 12.1 Å². The van der Waals surface area contributed by atoms with Gasteiger partial charge in [0.15, 0.2) is 0 Å². The maximum absolute atomic E-state index is 12.1. The Morgan fingerprint density at radius 2 is 2.08 bits per heavy atom. The van der Waals surface area contributed by atoms with Crippen LogP contribution >= 0.6 is 0 Å². The van der Waals surface area contributed by atoms with Crippen LogP contribution in [0, 0.1) is 0 Å². The van der Waals surface area contributed by atoms with Gasteiger partial charge in [-0.3, -0.25) is 0 Å². The molecule has 0 saturated carbocycles. The summed E-state index contributed by atoms with van der Waals surface area (Å²) in [5.41, 5.74) is 2.09. The molecule has 0 aliphatic carbocycles. The second-order valence-electron chi connectivity index (χ2n) is 6.18. The molecule has 0 bridgehead atoms. The Morgan fingerprint density at radius 1 is 1.25 bits per heavy atom. The fourth-order valence-corrected chi connectivity index (χ4v) is 2.71. The second-order valence-corrected chi connectivity index (χ2v) is 6.18. The fraction of sp³-hybridized carbons (Fsp3) is 0.474. The second kappa shape index (κ2) is 9.75. The van der Waals surface area contributed by atoms with E-state index in [4.69, 9.17) is 0 Å². The molecule has 24 heavy (non-hydrogen) atoms. The van der Waals surface area contributed by atoms with Crippen LogP contribution in [0.4, 0.5) is 4.79 Å². The number of imidazole rings is 1. The van der Waals surface area contributed by atoms with Crippen LogP contribution in [0.15, 0.2) is 43.0 Å². The van der Waals surface area contributed by atoms with Crippen LogP contribution in [0.2, 0.25) is 0 Å². The third-order valence-corrected chi connectivity index (χ3v) is 4.08. The van der Waals surface area contributed by atoms with Gasteiger partial charge in [-0.25, -0.2) is 9.78 Å². The van der Waals surface area contributed by atoms with Crippen LogP contribution in [0.3, 0.4) is 0 Å². The average molecular weight is 328 g/mol. The Morgan fingerprint density at radius 3 is 2.83 bits per heavy atom. The Balaban J connectivity index is 1.80. The summed E-state index contributed by atoms with van der Waals surface area (Å²) in [4.78, 5) is 16.2. The normalized spacial score (nSPS) is 11.9. The molecule has 1 heterocycles. The molecule has 5 heteroatoms. The number of carbonyl (C=O) groups is 1. The zero-order valence-corrected chi connectivity index (χ0v) is 14.7. The van der Waals surface area contributed by atoms with Crippen LogP contribution in [-0.4, -0.2) is 21.6 Å². The lowest BCUT2D eigenvalue weighted by molar-refractivity contribution is 0.236. The van der Waals surface area contributed by atoms with Crippen molar-refractivity contribution >= 4 is 6.03 Å². The standard InChI is InChI=1S/C19H28N4O/c1-3-4-5-6-9-16(2)22-19(24)21-14-17-10-7-8-11-18(17)23-13-12-20-15-23/h7-8,10-13,15-16H,3-6,9,14H2,1-2H3,(H2,21,22,24). The van der Waals surface area contributed by atoms with Gasteiger partial charge in [0.1, 0.15) is 0 Å². The first kappa shape index (κ1) is 18.0. The number of amides is 2. The summed E-state index contributed by atoms with van der Waals surface area (Å²) >= 11 is 0. The minimum absolute atomic E-state index is 0.113. The highest BCUT2D eigenvalue weighted by molar-refractivity contribution is 5.74. The molecule has 1 aromatic heterocycles. The number of urea groups is 1. The summed E-state index contributed by atoms with van der Waals surface area (Å²) in [6.45, 7) is 4.75. The van der Waals surface area contributed by atoms with E-state index < -0.39 is 0 Å². The van der Waals surface area contributed by atoms with Crippen molar-refractivity contribution in [3.63, 3.8) is 0 Å². The van der Waals surface area contributed by atoms with Gasteiger partial charge in [0.25, 0.3) is 0 Å². The summed E-state index contributed by atoms with van der Waals surface area (Å²) in [6.07, 6.45) is 11.3. The van der Waals surface area contributed by atoms with Crippen molar-refractivity contribution < 1.29 is 4.79 Å². The number of aromatic nitrogens is 2. The number of unbranched alkanes of at least 4 members (excludes halogenated alkanes) is 3. The van der Waals surface area contributed by atoms with E-state index in [1.807, 2.05) is 35.0 Å². The first-order chi connectivity index (χ1) is 11.7. The molecule has 1 unspecified atom stereocenters. The number of nitrogens with zero attached hydrogens (tertiary/aromatic N) is 2. The zero-order valence-electron chi connectivity index (χ0n) is 14.7. The van der Waals surface area contributed by atoms with E-state index in [2.05, 4.69) is 29.5 Å².